The lowest BCUT2D eigenvalue weighted by Gasteiger charge is -2.37. The lowest BCUT2D eigenvalue weighted by atomic mass is 9.75. The molecule has 1 aromatic carbocycles. The molecular weight excluding hydrogens is 264 g/mol. The van der Waals surface area contributed by atoms with E-state index in [0.717, 1.165) is 24.8 Å². The number of anilines is 1. The highest BCUT2D eigenvalue weighted by Gasteiger charge is 2.34. The summed E-state index contributed by atoms with van der Waals surface area (Å²) in [6.45, 7) is 0. The molecule has 21 heavy (non-hydrogen) atoms. The molecule has 5 heteroatoms. The van der Waals surface area contributed by atoms with E-state index < -0.39 is 0 Å². The third kappa shape index (κ3) is 3.25. The summed E-state index contributed by atoms with van der Waals surface area (Å²) >= 11 is 0. The Balaban J connectivity index is 1.63. The second kappa shape index (κ2) is 5.61. The zero-order valence-electron chi connectivity index (χ0n) is 11.7. The van der Waals surface area contributed by atoms with Gasteiger partial charge >= 0.3 is 0 Å². The molecule has 3 rings (SSSR count). The third-order valence-electron chi connectivity index (χ3n) is 3.83. The molecular formula is C16H18N4O. The van der Waals surface area contributed by atoms with Gasteiger partial charge in [-0.1, -0.05) is 30.3 Å². The van der Waals surface area contributed by atoms with Crippen LogP contribution in [0.1, 0.15) is 25.7 Å². The van der Waals surface area contributed by atoms with Crippen molar-refractivity contribution >= 4 is 11.6 Å². The minimum Gasteiger partial charge on any atom is -0.325 e. The van der Waals surface area contributed by atoms with Crippen LogP contribution in [-0.2, 0) is 4.79 Å². The Morgan fingerprint density at radius 1 is 1.19 bits per heavy atom. The molecule has 0 spiro atoms. The lowest BCUT2D eigenvalue weighted by Crippen LogP contribution is -2.48. The summed E-state index contributed by atoms with van der Waals surface area (Å²) in [6.07, 6.45) is 6.55. The van der Waals surface area contributed by atoms with E-state index in [1.165, 1.54) is 0 Å². The monoisotopic (exact) mass is 282 g/mol. The van der Waals surface area contributed by atoms with E-state index in [1.54, 1.807) is 12.4 Å². The molecule has 5 nitrogen and oxygen atoms in total. The highest BCUT2D eigenvalue weighted by Crippen LogP contribution is 2.32. The van der Waals surface area contributed by atoms with E-state index >= 15 is 0 Å². The first-order chi connectivity index (χ1) is 10.1. The van der Waals surface area contributed by atoms with E-state index in [4.69, 9.17) is 5.73 Å². The molecule has 1 fully saturated rings. The number of hydrogen-bond donors (Lipinski definition) is 2. The van der Waals surface area contributed by atoms with Crippen LogP contribution in [0.15, 0.2) is 42.7 Å². The maximum atomic E-state index is 11.9. The summed E-state index contributed by atoms with van der Waals surface area (Å²) in [5.41, 5.74) is 7.30. The molecule has 0 radical (unpaired) electrons. The lowest BCUT2D eigenvalue weighted by molar-refractivity contribution is -0.118. The Labute approximate surface area is 123 Å². The average Bonchev–Trinajstić information content (AvgIpc) is 2.47. The van der Waals surface area contributed by atoms with Crippen LogP contribution in [0.2, 0.25) is 0 Å². The van der Waals surface area contributed by atoms with Gasteiger partial charge in [0.05, 0.1) is 18.1 Å². The number of carbonyl (C=O) groups is 1. The minimum atomic E-state index is -0.311. The fraction of sp³-hybridized carbons (Fsp3) is 0.312. The normalized spacial score (nSPS) is 16.0. The Morgan fingerprint density at radius 3 is 2.43 bits per heavy atom. The van der Waals surface area contributed by atoms with E-state index in [1.807, 2.05) is 30.3 Å². The largest absolute Gasteiger partial charge is 0.325 e. The maximum absolute atomic E-state index is 11.9. The number of nitrogens with one attached hydrogen (secondary N) is 1. The summed E-state index contributed by atoms with van der Waals surface area (Å²) in [4.78, 5) is 20.5. The minimum absolute atomic E-state index is 0.0757. The number of rotatable bonds is 4. The average molecular weight is 282 g/mol. The number of aromatic nitrogens is 2. The van der Waals surface area contributed by atoms with Crippen molar-refractivity contribution in [2.75, 3.05) is 5.32 Å². The Kier molecular flexibility index (Phi) is 3.66. The predicted octanol–water partition coefficient (Wildman–Crippen LogP) is 2.35. The molecule has 3 N–H and O–H groups in total. The molecule has 1 heterocycles. The molecule has 0 unspecified atom stereocenters. The first kappa shape index (κ1) is 13.7. The van der Waals surface area contributed by atoms with Crippen LogP contribution >= 0.6 is 0 Å². The van der Waals surface area contributed by atoms with Gasteiger partial charge in [0.15, 0.2) is 5.82 Å². The molecule has 1 amide bonds. The van der Waals surface area contributed by atoms with Crippen molar-refractivity contribution in [1.29, 1.82) is 0 Å². The number of benzene rings is 1. The van der Waals surface area contributed by atoms with Crippen LogP contribution < -0.4 is 11.1 Å². The third-order valence-corrected chi connectivity index (χ3v) is 3.83. The van der Waals surface area contributed by atoms with Crippen LogP contribution in [0.5, 0.6) is 0 Å². The first-order valence-electron chi connectivity index (χ1n) is 7.11. The van der Waals surface area contributed by atoms with Crippen molar-refractivity contribution in [3.8, 4) is 11.4 Å². The predicted molar refractivity (Wildman–Crippen MR) is 81.5 cm³/mol. The van der Waals surface area contributed by atoms with Crippen LogP contribution in [0.25, 0.3) is 11.4 Å². The van der Waals surface area contributed by atoms with Crippen LogP contribution in [0.4, 0.5) is 5.69 Å². The maximum Gasteiger partial charge on any atom is 0.226 e. The second-order valence-electron chi connectivity index (χ2n) is 5.60. The summed E-state index contributed by atoms with van der Waals surface area (Å²) in [6, 6.07) is 9.72. The van der Waals surface area contributed by atoms with Crippen LogP contribution in [0, 0.1) is 0 Å². The standard InChI is InChI=1S/C16H18N4O/c17-16(7-4-8-16)9-14(21)20-13-10-18-15(19-11-13)12-5-2-1-3-6-12/h1-3,5-6,10-11H,4,7-9,17H2,(H,20,21). The molecule has 2 aromatic rings. The first-order valence-corrected chi connectivity index (χ1v) is 7.11. The van der Waals surface area contributed by atoms with Gasteiger partial charge < -0.3 is 11.1 Å². The molecule has 0 aliphatic heterocycles. The van der Waals surface area contributed by atoms with E-state index in [0.29, 0.717) is 17.9 Å². The quantitative estimate of drug-likeness (QED) is 0.902. The van der Waals surface area contributed by atoms with Crippen molar-refractivity contribution in [1.82, 2.24) is 9.97 Å². The Morgan fingerprint density at radius 2 is 1.86 bits per heavy atom. The summed E-state index contributed by atoms with van der Waals surface area (Å²) < 4.78 is 0. The topological polar surface area (TPSA) is 80.9 Å². The molecule has 0 atom stereocenters. The summed E-state index contributed by atoms with van der Waals surface area (Å²) in [5.74, 6) is 0.566. The van der Waals surface area contributed by atoms with E-state index in [-0.39, 0.29) is 11.4 Å². The van der Waals surface area contributed by atoms with Crippen molar-refractivity contribution in [2.45, 2.75) is 31.2 Å². The Hall–Kier alpha value is -2.27. The second-order valence-corrected chi connectivity index (χ2v) is 5.60. The highest BCUT2D eigenvalue weighted by molar-refractivity contribution is 5.91. The Bertz CT molecular complexity index is 620. The van der Waals surface area contributed by atoms with Gasteiger partial charge in [0.2, 0.25) is 5.91 Å². The molecule has 1 aliphatic carbocycles. The molecule has 0 bridgehead atoms. The molecule has 1 aliphatic rings. The van der Waals surface area contributed by atoms with Crippen molar-refractivity contribution in [3.63, 3.8) is 0 Å². The zero-order valence-corrected chi connectivity index (χ0v) is 11.7. The summed E-state index contributed by atoms with van der Waals surface area (Å²) in [7, 11) is 0. The number of nitrogens with two attached hydrogens (primary N) is 1. The van der Waals surface area contributed by atoms with Crippen molar-refractivity contribution in [2.24, 2.45) is 5.73 Å². The van der Waals surface area contributed by atoms with Gasteiger partial charge in [-0.25, -0.2) is 9.97 Å². The van der Waals surface area contributed by atoms with Crippen LogP contribution in [-0.4, -0.2) is 21.4 Å². The van der Waals surface area contributed by atoms with E-state index in [2.05, 4.69) is 15.3 Å². The number of hydrogen-bond acceptors (Lipinski definition) is 4. The fourth-order valence-corrected chi connectivity index (χ4v) is 2.46. The van der Waals surface area contributed by atoms with Crippen molar-refractivity contribution in [3.05, 3.63) is 42.7 Å². The molecule has 1 aromatic heterocycles. The van der Waals surface area contributed by atoms with E-state index in [9.17, 15) is 4.79 Å². The SMILES string of the molecule is NC1(CC(=O)Nc2cnc(-c3ccccc3)nc2)CCC1. The molecule has 108 valence electrons. The zero-order chi connectivity index (χ0) is 14.7. The van der Waals surface area contributed by atoms with Gasteiger partial charge in [-0.05, 0) is 19.3 Å². The van der Waals surface area contributed by atoms with Crippen LogP contribution in [0.3, 0.4) is 0 Å². The molecule has 1 saturated carbocycles. The molecule has 0 saturated heterocycles. The van der Waals surface area contributed by atoms with Crippen molar-refractivity contribution < 1.29 is 4.79 Å². The van der Waals surface area contributed by atoms with Gasteiger partial charge in [0.1, 0.15) is 0 Å². The number of nitrogens with zero attached hydrogens (tertiary/aromatic N) is 2. The fourth-order valence-electron chi connectivity index (χ4n) is 2.46. The number of amides is 1. The smallest absolute Gasteiger partial charge is 0.226 e. The van der Waals surface area contributed by atoms with Gasteiger partial charge in [0, 0.05) is 17.5 Å². The number of carbonyl (C=O) groups excluding carboxylic acids is 1. The highest BCUT2D eigenvalue weighted by atomic mass is 16.1. The summed E-state index contributed by atoms with van der Waals surface area (Å²) in [5, 5.41) is 2.80. The van der Waals surface area contributed by atoms with Gasteiger partial charge in [-0.15, -0.1) is 0 Å². The van der Waals surface area contributed by atoms with Gasteiger partial charge in [-0.2, -0.15) is 0 Å². The van der Waals surface area contributed by atoms with Gasteiger partial charge in [-0.3, -0.25) is 4.79 Å². The van der Waals surface area contributed by atoms with Gasteiger partial charge in [0.25, 0.3) is 0 Å².